The van der Waals surface area contributed by atoms with Crippen LogP contribution in [0.4, 0.5) is 0 Å². The minimum absolute atomic E-state index is 0.683. The van der Waals surface area contributed by atoms with Crippen molar-refractivity contribution in [3.05, 3.63) is 18.0 Å². The van der Waals surface area contributed by atoms with Crippen molar-refractivity contribution in [2.75, 3.05) is 6.54 Å². The molecule has 0 aliphatic carbocycles. The van der Waals surface area contributed by atoms with Crippen LogP contribution in [0.5, 0.6) is 0 Å². The van der Waals surface area contributed by atoms with Gasteiger partial charge in [-0.1, -0.05) is 12.8 Å². The van der Waals surface area contributed by atoms with E-state index in [1.54, 1.807) is 0 Å². The van der Waals surface area contributed by atoms with Gasteiger partial charge in [-0.25, -0.2) is 0 Å². The molecule has 0 saturated carbocycles. The summed E-state index contributed by atoms with van der Waals surface area (Å²) in [5.74, 6) is 5.81. The molecule has 1 heterocycles. The van der Waals surface area contributed by atoms with Crippen LogP contribution in [0.2, 0.25) is 0 Å². The zero-order valence-corrected chi connectivity index (χ0v) is 8.17. The first-order valence-corrected chi connectivity index (χ1v) is 4.48. The van der Waals surface area contributed by atoms with Crippen molar-refractivity contribution in [1.82, 2.24) is 15.1 Å². The minimum atomic E-state index is 0.683. The number of rotatable bonds is 4. The fourth-order valence-electron chi connectivity index (χ4n) is 1.01. The molecule has 1 rings (SSSR count). The van der Waals surface area contributed by atoms with Gasteiger partial charge < -0.3 is 5.32 Å². The predicted octanol–water partition coefficient (Wildman–Crippen LogP) is 1.02. The molecule has 13 heavy (non-hydrogen) atoms. The van der Waals surface area contributed by atoms with Gasteiger partial charge in [0.25, 0.3) is 0 Å². The topological polar surface area (TPSA) is 29.9 Å². The molecule has 70 valence electrons. The molecule has 0 fully saturated rings. The Labute approximate surface area is 79.1 Å². The Morgan fingerprint density at radius 1 is 1.62 bits per heavy atom. The lowest BCUT2D eigenvalue weighted by atomic mass is 10.3. The third-order valence-corrected chi connectivity index (χ3v) is 1.68. The van der Waals surface area contributed by atoms with E-state index in [2.05, 4.69) is 29.2 Å². The maximum Gasteiger partial charge on any atom is 0.102 e. The summed E-state index contributed by atoms with van der Waals surface area (Å²) in [6.07, 6.45) is 3.90. The normalized spacial score (nSPS) is 9.38. The Morgan fingerprint density at radius 3 is 3.15 bits per heavy atom. The molecule has 0 saturated heterocycles. The van der Waals surface area contributed by atoms with Crippen molar-refractivity contribution in [1.29, 1.82) is 0 Å². The van der Waals surface area contributed by atoms with Gasteiger partial charge in [0.2, 0.25) is 0 Å². The molecular weight excluding hydrogens is 162 g/mol. The average Bonchev–Trinajstić information content (AvgIpc) is 2.59. The summed E-state index contributed by atoms with van der Waals surface area (Å²) in [6, 6.07) is 0. The van der Waals surface area contributed by atoms with Crippen LogP contribution < -0.4 is 5.32 Å². The molecular formula is C10H15N3. The highest BCUT2D eigenvalue weighted by atomic mass is 15.3. The molecule has 0 atom stereocenters. The van der Waals surface area contributed by atoms with E-state index < -0.39 is 0 Å². The van der Waals surface area contributed by atoms with Crippen LogP contribution in [0, 0.1) is 11.8 Å². The van der Waals surface area contributed by atoms with E-state index in [0.717, 1.165) is 13.1 Å². The molecule has 0 spiro atoms. The SMILES string of the molecule is CC#CCn1cc(CNCC)cn1. The third kappa shape index (κ3) is 3.30. The Hall–Kier alpha value is -1.27. The Kier molecular flexibility index (Phi) is 4.07. The number of nitrogens with one attached hydrogen (secondary N) is 1. The third-order valence-electron chi connectivity index (χ3n) is 1.68. The van der Waals surface area contributed by atoms with E-state index >= 15 is 0 Å². The second-order valence-electron chi connectivity index (χ2n) is 2.75. The molecule has 1 N–H and O–H groups in total. The van der Waals surface area contributed by atoms with E-state index in [1.807, 2.05) is 24.0 Å². The van der Waals surface area contributed by atoms with Crippen LogP contribution in [0.15, 0.2) is 12.4 Å². The molecule has 0 unspecified atom stereocenters. The van der Waals surface area contributed by atoms with Gasteiger partial charge in [-0.05, 0) is 13.5 Å². The molecule has 3 nitrogen and oxygen atoms in total. The van der Waals surface area contributed by atoms with Crippen molar-refractivity contribution in [3.8, 4) is 11.8 Å². The zero-order chi connectivity index (χ0) is 9.52. The van der Waals surface area contributed by atoms with Gasteiger partial charge in [-0.3, -0.25) is 4.68 Å². The first-order valence-electron chi connectivity index (χ1n) is 4.48. The Bertz CT molecular complexity index is 303. The first kappa shape index (κ1) is 9.82. The van der Waals surface area contributed by atoms with E-state index in [1.165, 1.54) is 5.56 Å². The highest BCUT2D eigenvalue weighted by Gasteiger charge is 1.95. The van der Waals surface area contributed by atoms with E-state index in [0.29, 0.717) is 6.54 Å². The van der Waals surface area contributed by atoms with Crippen LogP contribution in [0.25, 0.3) is 0 Å². The lowest BCUT2D eigenvalue weighted by Gasteiger charge is -1.95. The summed E-state index contributed by atoms with van der Waals surface area (Å²) < 4.78 is 1.85. The van der Waals surface area contributed by atoms with Crippen LogP contribution in [0.1, 0.15) is 19.4 Å². The van der Waals surface area contributed by atoms with Gasteiger partial charge in [-0.15, -0.1) is 5.92 Å². The maximum atomic E-state index is 4.18. The van der Waals surface area contributed by atoms with Gasteiger partial charge in [0.1, 0.15) is 6.54 Å². The lowest BCUT2D eigenvalue weighted by molar-refractivity contribution is 0.706. The molecule has 0 aromatic carbocycles. The Morgan fingerprint density at radius 2 is 2.46 bits per heavy atom. The summed E-state index contributed by atoms with van der Waals surface area (Å²) in [4.78, 5) is 0. The van der Waals surface area contributed by atoms with Crippen molar-refractivity contribution in [3.63, 3.8) is 0 Å². The number of aromatic nitrogens is 2. The average molecular weight is 177 g/mol. The highest BCUT2D eigenvalue weighted by Crippen LogP contribution is 1.96. The van der Waals surface area contributed by atoms with Crippen LogP contribution in [-0.2, 0) is 13.1 Å². The maximum absolute atomic E-state index is 4.18. The first-order chi connectivity index (χ1) is 6.36. The van der Waals surface area contributed by atoms with Gasteiger partial charge in [0.15, 0.2) is 0 Å². The molecule has 1 aromatic heterocycles. The molecule has 0 aliphatic heterocycles. The van der Waals surface area contributed by atoms with Crippen molar-refractivity contribution in [2.45, 2.75) is 26.9 Å². The Balaban J connectivity index is 2.46. The highest BCUT2D eigenvalue weighted by molar-refractivity contribution is 5.05. The van der Waals surface area contributed by atoms with Gasteiger partial charge in [0, 0.05) is 18.3 Å². The number of nitrogens with zero attached hydrogens (tertiary/aromatic N) is 2. The van der Waals surface area contributed by atoms with E-state index in [4.69, 9.17) is 0 Å². The largest absolute Gasteiger partial charge is 0.313 e. The smallest absolute Gasteiger partial charge is 0.102 e. The minimum Gasteiger partial charge on any atom is -0.313 e. The second kappa shape index (κ2) is 5.39. The molecule has 0 radical (unpaired) electrons. The number of hydrogen-bond donors (Lipinski definition) is 1. The predicted molar refractivity (Wildman–Crippen MR) is 53.1 cm³/mol. The summed E-state index contributed by atoms with van der Waals surface area (Å²) >= 11 is 0. The number of hydrogen-bond acceptors (Lipinski definition) is 2. The zero-order valence-electron chi connectivity index (χ0n) is 8.17. The molecule has 1 aromatic rings. The van der Waals surface area contributed by atoms with Gasteiger partial charge in [-0.2, -0.15) is 5.10 Å². The fraction of sp³-hybridized carbons (Fsp3) is 0.500. The van der Waals surface area contributed by atoms with E-state index in [9.17, 15) is 0 Å². The monoisotopic (exact) mass is 177 g/mol. The summed E-state index contributed by atoms with van der Waals surface area (Å²) in [7, 11) is 0. The molecule has 0 amide bonds. The van der Waals surface area contributed by atoms with Crippen molar-refractivity contribution < 1.29 is 0 Å². The van der Waals surface area contributed by atoms with Crippen molar-refractivity contribution >= 4 is 0 Å². The molecule has 0 bridgehead atoms. The standard InChI is InChI=1S/C10H15N3/c1-3-5-6-13-9-10(8-12-13)7-11-4-2/h8-9,11H,4,6-7H2,1-2H3. The van der Waals surface area contributed by atoms with Gasteiger partial charge in [0.05, 0.1) is 6.20 Å². The quantitative estimate of drug-likeness (QED) is 0.696. The summed E-state index contributed by atoms with van der Waals surface area (Å²) in [5.41, 5.74) is 1.21. The molecule has 3 heteroatoms. The summed E-state index contributed by atoms with van der Waals surface area (Å²) in [6.45, 7) is 6.48. The lowest BCUT2D eigenvalue weighted by Crippen LogP contribution is -2.10. The van der Waals surface area contributed by atoms with Crippen LogP contribution in [-0.4, -0.2) is 16.3 Å². The summed E-state index contributed by atoms with van der Waals surface area (Å²) in [5, 5.41) is 7.43. The van der Waals surface area contributed by atoms with Crippen LogP contribution in [0.3, 0.4) is 0 Å². The van der Waals surface area contributed by atoms with Crippen molar-refractivity contribution in [2.24, 2.45) is 0 Å². The fourth-order valence-corrected chi connectivity index (χ4v) is 1.01. The van der Waals surface area contributed by atoms with Crippen LogP contribution >= 0.6 is 0 Å². The molecule has 0 aliphatic rings. The second-order valence-corrected chi connectivity index (χ2v) is 2.75. The van der Waals surface area contributed by atoms with Gasteiger partial charge >= 0.3 is 0 Å². The van der Waals surface area contributed by atoms with E-state index in [-0.39, 0.29) is 0 Å².